The van der Waals surface area contributed by atoms with E-state index < -0.39 is 11.9 Å². The summed E-state index contributed by atoms with van der Waals surface area (Å²) in [6.45, 7) is 1.01. The number of nitrogens with zero attached hydrogens (tertiary/aromatic N) is 3. The van der Waals surface area contributed by atoms with E-state index in [2.05, 4.69) is 4.98 Å². The highest BCUT2D eigenvalue weighted by molar-refractivity contribution is 5.95. The van der Waals surface area contributed by atoms with Crippen LogP contribution < -0.4 is 4.90 Å². The smallest absolute Gasteiger partial charge is 0.414 e. The van der Waals surface area contributed by atoms with Gasteiger partial charge in [0, 0.05) is 25.5 Å². The Balaban J connectivity index is 1.72. The maximum Gasteiger partial charge on any atom is 0.414 e. The second-order valence-electron chi connectivity index (χ2n) is 6.13. The molecule has 1 saturated heterocycles. The average Bonchev–Trinajstić information content (AvgIpc) is 2.98. The maximum atomic E-state index is 13.8. The van der Waals surface area contributed by atoms with Crippen LogP contribution in [0.3, 0.4) is 0 Å². The number of cyclic esters (lactones) is 1. The molecule has 0 radical (unpaired) electrons. The van der Waals surface area contributed by atoms with Gasteiger partial charge in [-0.2, -0.15) is 0 Å². The van der Waals surface area contributed by atoms with Crippen LogP contribution in [0.4, 0.5) is 14.9 Å². The van der Waals surface area contributed by atoms with Crippen LogP contribution in [0.1, 0.15) is 22.3 Å². The molecule has 0 saturated carbocycles. The molecule has 6 nitrogen and oxygen atoms in total. The quantitative estimate of drug-likeness (QED) is 0.800. The largest absolute Gasteiger partial charge is 0.447 e. The topological polar surface area (TPSA) is 62.7 Å². The molecule has 1 fully saturated rings. The van der Waals surface area contributed by atoms with E-state index >= 15 is 0 Å². The number of rotatable bonds is 1. The number of fused-ring (bicyclic) bond motifs is 3. The predicted molar refractivity (Wildman–Crippen MR) is 87.6 cm³/mol. The molecule has 1 aromatic heterocycles. The number of ether oxygens (including phenoxy) is 1. The van der Waals surface area contributed by atoms with Crippen LogP contribution in [-0.2, 0) is 11.3 Å². The van der Waals surface area contributed by atoms with Gasteiger partial charge in [-0.1, -0.05) is 6.07 Å². The van der Waals surface area contributed by atoms with E-state index in [1.54, 1.807) is 29.3 Å². The van der Waals surface area contributed by atoms with E-state index in [1.165, 1.54) is 23.2 Å². The van der Waals surface area contributed by atoms with Gasteiger partial charge in [0.1, 0.15) is 12.4 Å². The van der Waals surface area contributed by atoms with E-state index in [4.69, 9.17) is 4.74 Å². The zero-order valence-electron chi connectivity index (χ0n) is 13.4. The number of pyridine rings is 1. The molecule has 2 aromatic rings. The Hall–Kier alpha value is -2.96. The molecule has 2 amide bonds. The van der Waals surface area contributed by atoms with Crippen molar-refractivity contribution in [2.75, 3.05) is 18.1 Å². The Morgan fingerprint density at radius 1 is 1.32 bits per heavy atom. The lowest BCUT2D eigenvalue weighted by molar-refractivity contribution is 0.0734. The molecule has 25 heavy (non-hydrogen) atoms. The normalized spacial score (nSPS) is 19.6. The summed E-state index contributed by atoms with van der Waals surface area (Å²) >= 11 is 0. The summed E-state index contributed by atoms with van der Waals surface area (Å²) in [4.78, 5) is 32.1. The van der Waals surface area contributed by atoms with Gasteiger partial charge < -0.3 is 9.64 Å². The highest BCUT2D eigenvalue weighted by atomic mass is 19.1. The SMILES string of the molecule is O=C(c1cccnc1)N1CC[C@H]2COC(=O)N2c2cc(F)ccc2C1. The molecule has 3 heterocycles. The second-order valence-corrected chi connectivity index (χ2v) is 6.13. The van der Waals surface area contributed by atoms with Gasteiger partial charge in [-0.05, 0) is 36.2 Å². The van der Waals surface area contributed by atoms with Gasteiger partial charge in [0.15, 0.2) is 0 Å². The fourth-order valence-electron chi connectivity index (χ4n) is 3.30. The number of hydrogen-bond donors (Lipinski definition) is 0. The van der Waals surface area contributed by atoms with E-state index in [9.17, 15) is 14.0 Å². The van der Waals surface area contributed by atoms with Crippen LogP contribution in [0.25, 0.3) is 0 Å². The minimum absolute atomic E-state index is 0.137. The van der Waals surface area contributed by atoms with Gasteiger partial charge in [-0.15, -0.1) is 0 Å². The third kappa shape index (κ3) is 2.82. The zero-order chi connectivity index (χ0) is 17.4. The first-order chi connectivity index (χ1) is 12.1. The fourth-order valence-corrected chi connectivity index (χ4v) is 3.30. The Labute approximate surface area is 143 Å². The first-order valence-corrected chi connectivity index (χ1v) is 8.07. The predicted octanol–water partition coefficient (Wildman–Crippen LogP) is 2.59. The lowest BCUT2D eigenvalue weighted by Crippen LogP contribution is -2.42. The van der Waals surface area contributed by atoms with Gasteiger partial charge in [-0.3, -0.25) is 14.7 Å². The van der Waals surface area contributed by atoms with Crippen LogP contribution in [0.5, 0.6) is 0 Å². The van der Waals surface area contributed by atoms with Gasteiger partial charge in [0.2, 0.25) is 0 Å². The Bertz CT molecular complexity index is 828. The molecular formula is C18H16FN3O3. The van der Waals surface area contributed by atoms with Crippen molar-refractivity contribution in [3.05, 3.63) is 59.7 Å². The highest BCUT2D eigenvalue weighted by Gasteiger charge is 2.37. The molecule has 4 rings (SSSR count). The lowest BCUT2D eigenvalue weighted by Gasteiger charge is -2.32. The maximum absolute atomic E-state index is 13.8. The van der Waals surface area contributed by atoms with Crippen LogP contribution >= 0.6 is 0 Å². The van der Waals surface area contributed by atoms with Crippen LogP contribution in [0, 0.1) is 5.82 Å². The van der Waals surface area contributed by atoms with Gasteiger partial charge in [-0.25, -0.2) is 9.18 Å². The summed E-state index contributed by atoms with van der Waals surface area (Å²) in [5.74, 6) is -0.565. The number of carbonyl (C=O) groups excluding carboxylic acids is 2. The summed E-state index contributed by atoms with van der Waals surface area (Å²) in [6.07, 6.45) is 3.24. The number of carbonyl (C=O) groups is 2. The van der Waals surface area contributed by atoms with Crippen LogP contribution in [0.15, 0.2) is 42.7 Å². The fraction of sp³-hybridized carbons (Fsp3) is 0.278. The number of amides is 2. The number of aromatic nitrogens is 1. The molecule has 1 atom stereocenters. The molecule has 0 unspecified atom stereocenters. The van der Waals surface area contributed by atoms with Crippen LogP contribution in [0.2, 0.25) is 0 Å². The van der Waals surface area contributed by atoms with Crippen molar-refractivity contribution in [1.82, 2.24) is 9.88 Å². The van der Waals surface area contributed by atoms with Crippen molar-refractivity contribution in [2.45, 2.75) is 19.0 Å². The summed E-state index contributed by atoms with van der Waals surface area (Å²) in [7, 11) is 0. The molecule has 0 aliphatic carbocycles. The summed E-state index contributed by atoms with van der Waals surface area (Å²) in [5.41, 5.74) is 1.68. The van der Waals surface area contributed by atoms with Gasteiger partial charge in [0.25, 0.3) is 5.91 Å². The molecule has 128 valence electrons. The van der Waals surface area contributed by atoms with Crippen LogP contribution in [-0.4, -0.2) is 41.1 Å². The standard InChI is InChI=1S/C18H16FN3O3/c19-14-4-3-13-10-21(17(23)12-2-1-6-20-9-12)7-5-15-11-25-18(24)22(15)16(13)8-14/h1-4,6,8-9,15H,5,7,10-11H2/t15-/m0/s1. The first kappa shape index (κ1) is 15.6. The lowest BCUT2D eigenvalue weighted by atomic mass is 10.0. The number of benzene rings is 1. The third-order valence-electron chi connectivity index (χ3n) is 4.56. The second kappa shape index (κ2) is 6.16. The first-order valence-electron chi connectivity index (χ1n) is 8.07. The molecular weight excluding hydrogens is 325 g/mol. The molecule has 1 aromatic carbocycles. The summed E-state index contributed by atoms with van der Waals surface area (Å²) in [5, 5.41) is 0. The van der Waals surface area contributed by atoms with Gasteiger partial charge >= 0.3 is 6.09 Å². The highest BCUT2D eigenvalue weighted by Crippen LogP contribution is 2.32. The Morgan fingerprint density at radius 3 is 3.00 bits per heavy atom. The van der Waals surface area contributed by atoms with E-state index in [0.29, 0.717) is 36.3 Å². The molecule has 0 N–H and O–H groups in total. The van der Waals surface area contributed by atoms with Crippen molar-refractivity contribution in [3.63, 3.8) is 0 Å². The average molecular weight is 341 g/mol. The van der Waals surface area contributed by atoms with Gasteiger partial charge in [0.05, 0.1) is 17.3 Å². The summed E-state index contributed by atoms with van der Waals surface area (Å²) < 4.78 is 18.9. The van der Waals surface area contributed by atoms with Crippen molar-refractivity contribution < 1.29 is 18.7 Å². The molecule has 7 heteroatoms. The Morgan fingerprint density at radius 2 is 2.20 bits per heavy atom. The van der Waals surface area contributed by atoms with Crippen molar-refractivity contribution in [2.24, 2.45) is 0 Å². The molecule has 0 spiro atoms. The summed E-state index contributed by atoms with van der Waals surface area (Å²) in [6, 6.07) is 7.50. The van der Waals surface area contributed by atoms with Crippen molar-refractivity contribution >= 4 is 17.7 Å². The number of hydrogen-bond acceptors (Lipinski definition) is 4. The zero-order valence-corrected chi connectivity index (χ0v) is 13.4. The molecule has 2 aliphatic rings. The van der Waals surface area contributed by atoms with E-state index in [0.717, 1.165) is 0 Å². The molecule has 2 aliphatic heterocycles. The van der Waals surface area contributed by atoms with Crippen molar-refractivity contribution in [1.29, 1.82) is 0 Å². The Kier molecular flexibility index (Phi) is 3.83. The third-order valence-corrected chi connectivity index (χ3v) is 4.56. The molecule has 0 bridgehead atoms. The monoisotopic (exact) mass is 341 g/mol. The minimum Gasteiger partial charge on any atom is -0.447 e. The van der Waals surface area contributed by atoms with E-state index in [-0.39, 0.29) is 18.6 Å². The minimum atomic E-state index is -0.469. The van der Waals surface area contributed by atoms with Crippen molar-refractivity contribution in [3.8, 4) is 0 Å². The number of halogens is 1. The van der Waals surface area contributed by atoms with E-state index in [1.807, 2.05) is 0 Å². The number of anilines is 1.